The largest absolute Gasteiger partial charge is 0.456 e. The number of fused-ring (bicyclic) bond motifs is 30. The molecule has 0 unspecified atom stereocenters. The lowest BCUT2D eigenvalue weighted by Gasteiger charge is -2.21. The molecule has 642 valence electrons. The van der Waals surface area contributed by atoms with Crippen molar-refractivity contribution in [1.82, 2.24) is 27.4 Å². The molecule has 7 nitrogen and oxygen atoms in total. The van der Waals surface area contributed by atoms with E-state index in [9.17, 15) is 0 Å². The number of para-hydroxylation sites is 12. The van der Waals surface area contributed by atoms with Crippen LogP contribution in [0.4, 0.5) is 0 Å². The van der Waals surface area contributed by atoms with Crippen LogP contribution in [0.25, 0.3) is 252 Å². The summed E-state index contributed by atoms with van der Waals surface area (Å²) in [5.74, 6) is 0. The Morgan fingerprint density at radius 3 is 0.876 bits per heavy atom. The van der Waals surface area contributed by atoms with Crippen LogP contribution in [0, 0.1) is 0 Å². The van der Waals surface area contributed by atoms with E-state index in [2.05, 4.69) is 514 Å². The highest BCUT2D eigenvalue weighted by atomic mass is 32.1. The summed E-state index contributed by atoms with van der Waals surface area (Å²) < 4.78 is 23.5. The van der Waals surface area contributed by atoms with Gasteiger partial charge in [0.15, 0.2) is 0 Å². The van der Waals surface area contributed by atoms with Gasteiger partial charge in [0.2, 0.25) is 0 Å². The first-order valence-electron chi connectivity index (χ1n) is 47.2. The Balaban J connectivity index is 0.000000102. The van der Waals surface area contributed by atoms with Gasteiger partial charge >= 0.3 is 0 Å². The molecule has 0 atom stereocenters. The van der Waals surface area contributed by atoms with Crippen LogP contribution < -0.4 is 0 Å². The van der Waals surface area contributed by atoms with Crippen LogP contribution in [0.5, 0.6) is 0 Å². The molecular weight excluding hydrogens is 1680 g/mol. The van der Waals surface area contributed by atoms with Crippen molar-refractivity contribution >= 4 is 184 Å². The molecule has 8 heterocycles. The smallest absolute Gasteiger partial charge is 0.136 e. The van der Waals surface area contributed by atoms with Gasteiger partial charge in [0, 0.05) is 135 Å². The number of furan rings is 1. The van der Waals surface area contributed by atoms with Crippen LogP contribution in [-0.2, 0) is 5.41 Å². The molecule has 0 amide bonds. The van der Waals surface area contributed by atoms with Gasteiger partial charge in [0.05, 0.1) is 66.2 Å². The molecule has 0 radical (unpaired) electrons. The Kier molecular flexibility index (Phi) is 17.5. The summed E-state index contributed by atoms with van der Waals surface area (Å²) in [5, 5.41) is 20.3. The first-order chi connectivity index (χ1) is 67.8. The van der Waals surface area contributed by atoms with Crippen LogP contribution in [0.3, 0.4) is 0 Å². The zero-order chi connectivity index (χ0) is 90.2. The summed E-state index contributed by atoms with van der Waals surface area (Å²) in [6, 6.07) is 172. The average Bonchev–Trinajstić information content (AvgIpc) is 1.53. The van der Waals surface area contributed by atoms with E-state index in [0.29, 0.717) is 0 Å². The molecule has 1 aliphatic rings. The van der Waals surface area contributed by atoms with Gasteiger partial charge in [-0.25, -0.2) is 0 Å². The zero-order valence-corrected chi connectivity index (χ0v) is 75.8. The molecule has 1 aliphatic carbocycles. The van der Waals surface area contributed by atoms with Crippen molar-refractivity contribution in [2.45, 2.75) is 19.3 Å². The molecule has 0 N–H and O–H groups in total. The van der Waals surface area contributed by atoms with Crippen molar-refractivity contribution in [3.63, 3.8) is 0 Å². The average molecular weight is 1770 g/mol. The summed E-state index contributed by atoms with van der Waals surface area (Å²) in [6.07, 6.45) is 0. The SMILES string of the molecule is CC1(C)c2ccc(-c3ccc4c(c3)c3ccccc3n4-c3ccccc3)cc2-c2c1ccc1c2c2ccccc2n1-c1ccccc1.c1ccc(-n2c3ccccc3c3cc(-c4ccc5oc6ccc7c(c8ccccc8n7-c7ccccc7)c6c5c4)ccc32)cc1.c1ccc(-n2c3ccccc3c3cc(-c4ccc5sc6ccc7c(c8ccccc8n7-c7ccccc7)c6c5c4)ccc32)cc1. The third-order valence-electron chi connectivity index (χ3n) is 29.1. The summed E-state index contributed by atoms with van der Waals surface area (Å²) in [7, 11) is 0. The highest BCUT2D eigenvalue weighted by Crippen LogP contribution is 2.56. The number of benzene rings is 21. The number of thiophene rings is 1. The summed E-state index contributed by atoms with van der Waals surface area (Å²) in [4.78, 5) is 0. The number of rotatable bonds is 9. The van der Waals surface area contributed by atoms with Crippen molar-refractivity contribution in [1.29, 1.82) is 0 Å². The first kappa shape index (κ1) is 78.1. The molecule has 137 heavy (non-hydrogen) atoms. The monoisotopic (exact) mass is 1760 g/mol. The molecular formula is C129H84N6OS. The Hall–Kier alpha value is -17.6. The predicted molar refractivity (Wildman–Crippen MR) is 579 cm³/mol. The van der Waals surface area contributed by atoms with Crippen molar-refractivity contribution < 1.29 is 4.42 Å². The standard InChI is InChI=1S/C45H32N2.C42H26N2O.C42H26N2S/c1-45(2)37-23-21-29(30-22-25-41-35(27-30)33-17-9-11-19-39(33)46(41)31-13-5-3-6-14-31)28-36(37)43-38(45)24-26-42-44(43)34-18-10-12-20-40(34)47(42)32-15-7-4-8-16-32;2*1-3-11-29(12-4-1)43-35-17-9-7-15-31(35)33-25-27(19-21-37(33)43)28-20-23-39-34(26-28)42-40(45-39)24-22-38-41(42)32-16-8-10-18-36(32)44(38)30-13-5-2-6-14-30/h3-28H,1-2H3;2*1-26H. The van der Waals surface area contributed by atoms with Crippen LogP contribution in [-0.4, -0.2) is 27.4 Å². The minimum Gasteiger partial charge on any atom is -0.456 e. The molecule has 0 saturated carbocycles. The molecule has 0 fully saturated rings. The van der Waals surface area contributed by atoms with Crippen molar-refractivity contribution in [2.24, 2.45) is 0 Å². The Morgan fingerprint density at radius 1 is 0.182 bits per heavy atom. The predicted octanol–water partition coefficient (Wildman–Crippen LogP) is 35.2. The van der Waals surface area contributed by atoms with Crippen LogP contribution >= 0.6 is 11.3 Å². The quantitative estimate of drug-likeness (QED) is 0.142. The highest BCUT2D eigenvalue weighted by Gasteiger charge is 2.38. The fourth-order valence-corrected chi connectivity index (χ4v) is 24.2. The van der Waals surface area contributed by atoms with Crippen molar-refractivity contribution in [3.8, 4) is 78.6 Å². The number of hydrogen-bond acceptors (Lipinski definition) is 2. The normalized spacial score (nSPS) is 12.5. The van der Waals surface area contributed by atoms with Gasteiger partial charge in [-0.2, -0.15) is 0 Å². The van der Waals surface area contributed by atoms with Crippen LogP contribution in [0.1, 0.15) is 25.0 Å². The van der Waals surface area contributed by atoms with E-state index in [-0.39, 0.29) is 5.41 Å². The van der Waals surface area contributed by atoms with E-state index in [1.54, 1.807) is 0 Å². The van der Waals surface area contributed by atoms with Crippen LogP contribution in [0.2, 0.25) is 0 Å². The topological polar surface area (TPSA) is 42.7 Å². The van der Waals surface area contributed by atoms with Gasteiger partial charge in [-0.1, -0.05) is 281 Å². The molecule has 0 spiro atoms. The third-order valence-corrected chi connectivity index (χ3v) is 30.3. The van der Waals surface area contributed by atoms with Gasteiger partial charge in [-0.3, -0.25) is 0 Å². The van der Waals surface area contributed by atoms with Gasteiger partial charge < -0.3 is 31.8 Å². The second-order valence-corrected chi connectivity index (χ2v) is 38.0. The third kappa shape index (κ3) is 12.0. The second-order valence-electron chi connectivity index (χ2n) is 36.9. The maximum atomic E-state index is 6.48. The Bertz CT molecular complexity index is 9610. The lowest BCUT2D eigenvalue weighted by Crippen LogP contribution is -2.14. The van der Waals surface area contributed by atoms with Gasteiger partial charge in [-0.05, 0) is 262 Å². The van der Waals surface area contributed by atoms with Gasteiger partial charge in [-0.15, -0.1) is 11.3 Å². The molecule has 21 aromatic carbocycles. The second kappa shape index (κ2) is 30.8. The van der Waals surface area contributed by atoms with Crippen molar-refractivity contribution in [2.75, 3.05) is 0 Å². The fraction of sp³-hybridized carbons (Fsp3) is 0.0233. The first-order valence-corrected chi connectivity index (χ1v) is 48.0. The number of aromatic nitrogens is 6. The molecule has 8 aromatic heterocycles. The number of nitrogens with zero attached hydrogens (tertiary/aromatic N) is 6. The molecule has 0 saturated heterocycles. The maximum absolute atomic E-state index is 6.48. The van der Waals surface area contributed by atoms with E-state index in [1.807, 2.05) is 11.3 Å². The molecule has 29 aromatic rings. The van der Waals surface area contributed by atoms with E-state index in [1.165, 1.54) is 235 Å². The van der Waals surface area contributed by atoms with Crippen LogP contribution in [0.15, 0.2) is 478 Å². The fourth-order valence-electron chi connectivity index (χ4n) is 23.1. The Labute approximate surface area is 792 Å². The minimum absolute atomic E-state index is 0.0968. The maximum Gasteiger partial charge on any atom is 0.136 e. The van der Waals surface area contributed by atoms with E-state index in [4.69, 9.17) is 4.42 Å². The lowest BCUT2D eigenvalue weighted by atomic mass is 9.82. The molecule has 0 bridgehead atoms. The lowest BCUT2D eigenvalue weighted by molar-refractivity contribution is 0.661. The van der Waals surface area contributed by atoms with Gasteiger partial charge in [0.1, 0.15) is 11.2 Å². The summed E-state index contributed by atoms with van der Waals surface area (Å²) >= 11 is 1.89. The van der Waals surface area contributed by atoms with Crippen molar-refractivity contribution in [3.05, 3.63) is 484 Å². The van der Waals surface area contributed by atoms with E-state index in [0.717, 1.165) is 27.6 Å². The number of hydrogen-bond donors (Lipinski definition) is 0. The molecule has 30 rings (SSSR count). The van der Waals surface area contributed by atoms with Gasteiger partial charge in [0.25, 0.3) is 0 Å². The minimum atomic E-state index is -0.0968. The zero-order valence-electron chi connectivity index (χ0n) is 75.0. The summed E-state index contributed by atoms with van der Waals surface area (Å²) in [5.41, 5.74) is 36.3. The van der Waals surface area contributed by atoms with E-state index < -0.39 is 0 Å². The molecule has 8 heteroatoms. The Morgan fingerprint density at radius 2 is 0.453 bits per heavy atom. The highest BCUT2D eigenvalue weighted by molar-refractivity contribution is 7.26. The molecule has 0 aliphatic heterocycles. The van der Waals surface area contributed by atoms with E-state index >= 15 is 0 Å². The summed E-state index contributed by atoms with van der Waals surface area (Å²) in [6.45, 7) is 4.76.